The summed E-state index contributed by atoms with van der Waals surface area (Å²) in [4.78, 5) is 4.23. The summed E-state index contributed by atoms with van der Waals surface area (Å²) in [5.41, 5.74) is 8.25. The minimum Gasteiger partial charge on any atom is -0.396 e. The Bertz CT molecular complexity index is 496. The smallest absolute Gasteiger partial charge is 0.152 e. The second-order valence-electron chi connectivity index (χ2n) is 3.43. The van der Waals surface area contributed by atoms with Crippen LogP contribution in [0.5, 0.6) is 0 Å². The van der Waals surface area contributed by atoms with Crippen molar-refractivity contribution in [3.8, 4) is 0 Å². The van der Waals surface area contributed by atoms with E-state index in [4.69, 9.17) is 17.3 Å². The minimum absolute atomic E-state index is 0.365. The highest BCUT2D eigenvalue weighted by molar-refractivity contribution is 6.32. The zero-order valence-corrected chi connectivity index (χ0v) is 9.17. The molecule has 1 heterocycles. The summed E-state index contributed by atoms with van der Waals surface area (Å²) in [5.74, 6) is 0. The van der Waals surface area contributed by atoms with Gasteiger partial charge in [0.2, 0.25) is 0 Å². The number of aromatic nitrogens is 1. The lowest BCUT2D eigenvalue weighted by atomic mass is 10.1. The second kappa shape index (κ2) is 4.04. The van der Waals surface area contributed by atoms with E-state index in [2.05, 4.69) is 10.3 Å². The summed E-state index contributed by atoms with van der Waals surface area (Å²) < 4.78 is 0. The first-order valence-electron chi connectivity index (χ1n) is 4.70. The minimum atomic E-state index is 0.365. The third kappa shape index (κ3) is 2.03. The van der Waals surface area contributed by atoms with E-state index < -0.39 is 0 Å². The number of rotatable bonds is 2. The van der Waals surface area contributed by atoms with Crippen molar-refractivity contribution in [1.82, 2.24) is 10.3 Å². The van der Waals surface area contributed by atoms with Gasteiger partial charge in [-0.1, -0.05) is 23.7 Å². The molecule has 0 bridgehead atoms. The molecule has 0 saturated carbocycles. The van der Waals surface area contributed by atoms with E-state index in [1.54, 1.807) is 0 Å². The number of nitrogens with zero attached hydrogens (tertiary/aromatic N) is 1. The SMILES string of the molecule is CNCc1ccc2cc(N)c(Cl)nc2c1. The number of anilines is 1. The molecular weight excluding hydrogens is 210 g/mol. The van der Waals surface area contributed by atoms with Crippen LogP contribution < -0.4 is 11.1 Å². The number of pyridine rings is 1. The predicted octanol–water partition coefficient (Wildman–Crippen LogP) is 2.19. The maximum atomic E-state index is 5.87. The van der Waals surface area contributed by atoms with E-state index in [1.165, 1.54) is 5.56 Å². The molecule has 0 atom stereocenters. The van der Waals surface area contributed by atoms with Crippen LogP contribution in [-0.2, 0) is 6.54 Å². The van der Waals surface area contributed by atoms with Crippen molar-refractivity contribution >= 4 is 28.2 Å². The van der Waals surface area contributed by atoms with Gasteiger partial charge in [0.05, 0.1) is 11.2 Å². The second-order valence-corrected chi connectivity index (χ2v) is 3.78. The zero-order chi connectivity index (χ0) is 10.8. The van der Waals surface area contributed by atoms with E-state index in [9.17, 15) is 0 Å². The first-order chi connectivity index (χ1) is 7.20. The molecule has 0 radical (unpaired) electrons. The summed E-state index contributed by atoms with van der Waals surface area (Å²) in [5, 5.41) is 4.47. The molecule has 0 aliphatic rings. The Labute approximate surface area is 93.3 Å². The summed E-state index contributed by atoms with van der Waals surface area (Å²) >= 11 is 5.87. The molecule has 0 aliphatic heterocycles. The van der Waals surface area contributed by atoms with Crippen LogP contribution in [0.4, 0.5) is 5.69 Å². The molecule has 3 nitrogen and oxygen atoms in total. The Hall–Kier alpha value is -1.32. The number of halogens is 1. The molecule has 0 amide bonds. The fraction of sp³-hybridized carbons (Fsp3) is 0.182. The molecule has 1 aromatic heterocycles. The van der Waals surface area contributed by atoms with Crippen LogP contribution in [0.3, 0.4) is 0 Å². The zero-order valence-electron chi connectivity index (χ0n) is 8.42. The van der Waals surface area contributed by atoms with E-state index in [0.717, 1.165) is 17.4 Å². The standard InChI is InChI=1S/C11H12ClN3/c1-14-6-7-2-3-8-5-9(13)11(12)15-10(8)4-7/h2-5,14H,6,13H2,1H3. The molecule has 1 aromatic carbocycles. The van der Waals surface area contributed by atoms with Gasteiger partial charge in [-0.05, 0) is 24.7 Å². The number of hydrogen-bond donors (Lipinski definition) is 2. The average Bonchev–Trinajstić information content (AvgIpc) is 2.21. The predicted molar refractivity (Wildman–Crippen MR) is 63.9 cm³/mol. The third-order valence-electron chi connectivity index (χ3n) is 2.24. The molecule has 0 aliphatic carbocycles. The molecule has 0 fully saturated rings. The number of nitrogens with two attached hydrogens (primary N) is 1. The highest BCUT2D eigenvalue weighted by Gasteiger charge is 2.02. The van der Waals surface area contributed by atoms with E-state index >= 15 is 0 Å². The normalized spacial score (nSPS) is 10.8. The van der Waals surface area contributed by atoms with Crippen molar-refractivity contribution in [3.63, 3.8) is 0 Å². The van der Waals surface area contributed by atoms with Crippen LogP contribution >= 0.6 is 11.6 Å². The highest BCUT2D eigenvalue weighted by Crippen LogP contribution is 2.22. The molecule has 2 aromatic rings. The molecule has 78 valence electrons. The number of nitrogen functional groups attached to an aromatic ring is 1. The summed E-state index contributed by atoms with van der Waals surface area (Å²) in [6, 6.07) is 7.90. The van der Waals surface area contributed by atoms with Gasteiger partial charge in [-0.15, -0.1) is 0 Å². The van der Waals surface area contributed by atoms with Crippen LogP contribution in [0.25, 0.3) is 10.9 Å². The lowest BCUT2D eigenvalue weighted by Crippen LogP contribution is -2.04. The van der Waals surface area contributed by atoms with Gasteiger partial charge in [-0.2, -0.15) is 0 Å². The van der Waals surface area contributed by atoms with Crippen molar-refractivity contribution in [2.24, 2.45) is 0 Å². The largest absolute Gasteiger partial charge is 0.396 e. The number of benzene rings is 1. The van der Waals surface area contributed by atoms with Gasteiger partial charge >= 0.3 is 0 Å². The quantitative estimate of drug-likeness (QED) is 0.765. The number of hydrogen-bond acceptors (Lipinski definition) is 3. The fourth-order valence-corrected chi connectivity index (χ4v) is 1.67. The molecule has 0 unspecified atom stereocenters. The van der Waals surface area contributed by atoms with Crippen LogP contribution in [0.2, 0.25) is 5.15 Å². The van der Waals surface area contributed by atoms with E-state index in [1.807, 2.05) is 31.3 Å². The van der Waals surface area contributed by atoms with Gasteiger partial charge < -0.3 is 11.1 Å². The van der Waals surface area contributed by atoms with Gasteiger partial charge in [-0.25, -0.2) is 4.98 Å². The monoisotopic (exact) mass is 221 g/mol. The fourth-order valence-electron chi connectivity index (χ4n) is 1.52. The van der Waals surface area contributed by atoms with Gasteiger partial charge in [0.15, 0.2) is 5.15 Å². The maximum absolute atomic E-state index is 5.87. The van der Waals surface area contributed by atoms with E-state index in [0.29, 0.717) is 10.8 Å². The number of nitrogens with one attached hydrogen (secondary N) is 1. The van der Waals surface area contributed by atoms with Gasteiger partial charge in [-0.3, -0.25) is 0 Å². The molecule has 4 heteroatoms. The lowest BCUT2D eigenvalue weighted by Gasteiger charge is -2.04. The molecule has 15 heavy (non-hydrogen) atoms. The van der Waals surface area contributed by atoms with Crippen LogP contribution in [-0.4, -0.2) is 12.0 Å². The molecule has 3 N–H and O–H groups in total. The van der Waals surface area contributed by atoms with Crippen molar-refractivity contribution in [2.75, 3.05) is 12.8 Å². The molecule has 0 spiro atoms. The first-order valence-corrected chi connectivity index (χ1v) is 5.08. The topological polar surface area (TPSA) is 50.9 Å². The number of fused-ring (bicyclic) bond motifs is 1. The first kappa shape index (κ1) is 10.2. The Morgan fingerprint density at radius 1 is 1.40 bits per heavy atom. The highest BCUT2D eigenvalue weighted by atomic mass is 35.5. The van der Waals surface area contributed by atoms with Gasteiger partial charge in [0.1, 0.15) is 0 Å². The Balaban J connectivity index is 2.56. The Morgan fingerprint density at radius 2 is 2.20 bits per heavy atom. The Morgan fingerprint density at radius 3 is 2.93 bits per heavy atom. The van der Waals surface area contributed by atoms with Crippen molar-refractivity contribution < 1.29 is 0 Å². The van der Waals surface area contributed by atoms with Crippen LogP contribution in [0.1, 0.15) is 5.56 Å². The van der Waals surface area contributed by atoms with Crippen molar-refractivity contribution in [3.05, 3.63) is 35.0 Å². The Kier molecular flexibility index (Phi) is 2.75. The average molecular weight is 222 g/mol. The van der Waals surface area contributed by atoms with Crippen LogP contribution in [0, 0.1) is 0 Å². The summed E-state index contributed by atoms with van der Waals surface area (Å²) in [7, 11) is 1.91. The molecule has 0 saturated heterocycles. The molecule has 2 rings (SSSR count). The van der Waals surface area contributed by atoms with Gasteiger partial charge in [0, 0.05) is 11.9 Å². The summed E-state index contributed by atoms with van der Waals surface area (Å²) in [6.45, 7) is 0.819. The summed E-state index contributed by atoms with van der Waals surface area (Å²) in [6.07, 6.45) is 0. The third-order valence-corrected chi connectivity index (χ3v) is 2.55. The van der Waals surface area contributed by atoms with Gasteiger partial charge in [0.25, 0.3) is 0 Å². The van der Waals surface area contributed by atoms with E-state index in [-0.39, 0.29) is 0 Å². The lowest BCUT2D eigenvalue weighted by molar-refractivity contribution is 0.819. The molecular formula is C11H12ClN3. The van der Waals surface area contributed by atoms with Crippen molar-refractivity contribution in [2.45, 2.75) is 6.54 Å². The van der Waals surface area contributed by atoms with Crippen molar-refractivity contribution in [1.29, 1.82) is 0 Å². The van der Waals surface area contributed by atoms with Crippen LogP contribution in [0.15, 0.2) is 24.3 Å². The maximum Gasteiger partial charge on any atom is 0.152 e.